The Morgan fingerprint density at radius 3 is 2.50 bits per heavy atom. The van der Waals surface area contributed by atoms with Gasteiger partial charge in [-0.2, -0.15) is 0 Å². The Balaban J connectivity index is 3.10. The number of thiophene rings is 1. The maximum absolute atomic E-state index is 10.8. The Morgan fingerprint density at radius 1 is 1.58 bits per heavy atom. The Morgan fingerprint density at radius 2 is 2.17 bits per heavy atom. The molecule has 12 heavy (non-hydrogen) atoms. The fraction of sp³-hybridized carbons (Fsp3) is 0.143. The molecule has 0 N–H and O–H groups in total. The number of aryl methyl sites for hydroxylation is 1. The molecule has 0 unspecified atom stereocenters. The van der Waals surface area contributed by atoms with Gasteiger partial charge in [0.05, 0.1) is 4.91 Å². The molecule has 0 aromatic carbocycles. The number of hydrogen-bond donors (Lipinski definition) is 0. The van der Waals surface area contributed by atoms with Gasteiger partial charge in [0.15, 0.2) is 0 Å². The van der Waals surface area contributed by atoms with Crippen LogP contribution in [0, 0.1) is 6.92 Å². The molecule has 0 bridgehead atoms. The van der Waals surface area contributed by atoms with Gasteiger partial charge in [-0.05, 0) is 19.1 Å². The molecule has 1 aromatic heterocycles. The zero-order chi connectivity index (χ0) is 9.35. The van der Waals surface area contributed by atoms with E-state index in [9.17, 15) is 8.42 Å². The van der Waals surface area contributed by atoms with Crippen molar-refractivity contribution in [1.29, 1.82) is 0 Å². The minimum atomic E-state index is -3.65. The third-order valence-corrected chi connectivity index (χ3v) is 3.87. The van der Waals surface area contributed by atoms with E-state index in [2.05, 4.69) is 6.58 Å². The molecule has 1 aromatic rings. The third kappa shape index (κ3) is 2.09. The Bertz CT molecular complexity index is 403. The van der Waals surface area contributed by atoms with Gasteiger partial charge in [0.2, 0.25) is 0 Å². The van der Waals surface area contributed by atoms with Crippen molar-refractivity contribution in [1.82, 2.24) is 0 Å². The van der Waals surface area contributed by atoms with E-state index in [-0.39, 0.29) is 4.91 Å². The minimum Gasteiger partial charge on any atom is -0.207 e. The second-order valence-corrected chi connectivity index (χ2v) is 6.15. The van der Waals surface area contributed by atoms with Crippen LogP contribution >= 0.6 is 22.0 Å². The summed E-state index contributed by atoms with van der Waals surface area (Å²) in [6, 6.07) is 3.52. The van der Waals surface area contributed by atoms with Crippen molar-refractivity contribution in [2.75, 3.05) is 0 Å². The molecule has 0 aliphatic rings. The highest BCUT2D eigenvalue weighted by Gasteiger charge is 2.14. The topological polar surface area (TPSA) is 34.1 Å². The lowest BCUT2D eigenvalue weighted by Crippen LogP contribution is -1.89. The van der Waals surface area contributed by atoms with Gasteiger partial charge in [0, 0.05) is 20.4 Å². The van der Waals surface area contributed by atoms with E-state index in [4.69, 9.17) is 10.7 Å². The molecule has 0 saturated heterocycles. The molecular weight excluding hydrogens is 216 g/mol. The summed E-state index contributed by atoms with van der Waals surface area (Å²) in [7, 11) is 1.45. The maximum Gasteiger partial charge on any atom is 0.262 e. The lowest BCUT2D eigenvalue weighted by molar-refractivity contribution is 0.618. The smallest absolute Gasteiger partial charge is 0.207 e. The van der Waals surface area contributed by atoms with Crippen molar-refractivity contribution >= 4 is 36.0 Å². The first-order valence-corrected chi connectivity index (χ1v) is 6.24. The van der Waals surface area contributed by atoms with Crippen LogP contribution in [0.4, 0.5) is 0 Å². The summed E-state index contributed by atoms with van der Waals surface area (Å²) in [5, 5.41) is 0. The van der Waals surface area contributed by atoms with Crippen molar-refractivity contribution in [3.05, 3.63) is 28.5 Å². The Labute approximate surface area is 79.9 Å². The van der Waals surface area contributed by atoms with Crippen molar-refractivity contribution in [3.8, 4) is 0 Å². The quantitative estimate of drug-likeness (QED) is 0.721. The second-order valence-electron chi connectivity index (χ2n) is 2.27. The fourth-order valence-electron chi connectivity index (χ4n) is 0.705. The standard InChI is InChI=1S/C7H7ClO2S2/c1-5-3-4-7(11-5)6(2)12(8,9)10/h3-4H,2H2,1H3. The molecule has 0 radical (unpaired) electrons. The van der Waals surface area contributed by atoms with Gasteiger partial charge < -0.3 is 0 Å². The lowest BCUT2D eigenvalue weighted by Gasteiger charge is -1.94. The van der Waals surface area contributed by atoms with E-state index < -0.39 is 9.05 Å². The van der Waals surface area contributed by atoms with Crippen LogP contribution in [-0.4, -0.2) is 8.42 Å². The molecule has 0 aliphatic carbocycles. The van der Waals surface area contributed by atoms with Crippen LogP contribution in [0.2, 0.25) is 0 Å². The Hall–Kier alpha value is -0.320. The lowest BCUT2D eigenvalue weighted by atomic mass is 10.4. The van der Waals surface area contributed by atoms with Gasteiger partial charge in [0.25, 0.3) is 9.05 Å². The van der Waals surface area contributed by atoms with E-state index in [1.165, 1.54) is 11.3 Å². The van der Waals surface area contributed by atoms with E-state index >= 15 is 0 Å². The summed E-state index contributed by atoms with van der Waals surface area (Å²) in [5.41, 5.74) is 0. The van der Waals surface area contributed by atoms with Crippen LogP contribution in [-0.2, 0) is 9.05 Å². The number of rotatable bonds is 2. The predicted molar refractivity (Wildman–Crippen MR) is 52.9 cm³/mol. The molecule has 5 heteroatoms. The largest absolute Gasteiger partial charge is 0.262 e. The molecular formula is C7H7ClO2S2. The highest BCUT2D eigenvalue weighted by atomic mass is 35.7. The van der Waals surface area contributed by atoms with Crippen LogP contribution in [0.3, 0.4) is 0 Å². The molecule has 2 nitrogen and oxygen atoms in total. The van der Waals surface area contributed by atoms with Crippen molar-refractivity contribution < 1.29 is 8.42 Å². The zero-order valence-corrected chi connectivity index (χ0v) is 8.76. The SMILES string of the molecule is C=C(c1ccc(C)s1)S(=O)(=O)Cl. The predicted octanol–water partition coefficient (Wildman–Crippen LogP) is 2.60. The highest BCUT2D eigenvalue weighted by Crippen LogP contribution is 2.28. The molecule has 1 heterocycles. The zero-order valence-electron chi connectivity index (χ0n) is 6.37. The summed E-state index contributed by atoms with van der Waals surface area (Å²) < 4.78 is 21.6. The summed E-state index contributed by atoms with van der Waals surface area (Å²) in [5.74, 6) is 0. The van der Waals surface area contributed by atoms with Crippen LogP contribution in [0.15, 0.2) is 18.7 Å². The van der Waals surface area contributed by atoms with Crippen LogP contribution < -0.4 is 0 Å². The maximum atomic E-state index is 10.8. The molecule has 0 aliphatic heterocycles. The van der Waals surface area contributed by atoms with E-state index in [0.717, 1.165) is 4.88 Å². The van der Waals surface area contributed by atoms with Crippen molar-refractivity contribution in [3.63, 3.8) is 0 Å². The van der Waals surface area contributed by atoms with Gasteiger partial charge in [0.1, 0.15) is 0 Å². The third-order valence-electron chi connectivity index (χ3n) is 1.31. The molecule has 0 amide bonds. The van der Waals surface area contributed by atoms with E-state index in [1.54, 1.807) is 6.07 Å². The molecule has 1 rings (SSSR count). The molecule has 66 valence electrons. The highest BCUT2D eigenvalue weighted by molar-refractivity contribution is 8.21. The van der Waals surface area contributed by atoms with Gasteiger partial charge in [-0.15, -0.1) is 11.3 Å². The van der Waals surface area contributed by atoms with Crippen molar-refractivity contribution in [2.24, 2.45) is 0 Å². The monoisotopic (exact) mass is 222 g/mol. The average molecular weight is 223 g/mol. The minimum absolute atomic E-state index is 0.0257. The van der Waals surface area contributed by atoms with Gasteiger partial charge in [-0.3, -0.25) is 0 Å². The molecule has 0 atom stereocenters. The van der Waals surface area contributed by atoms with Crippen molar-refractivity contribution in [2.45, 2.75) is 6.92 Å². The van der Waals surface area contributed by atoms with Crippen LogP contribution in [0.5, 0.6) is 0 Å². The van der Waals surface area contributed by atoms with Crippen LogP contribution in [0.1, 0.15) is 9.75 Å². The fourth-order valence-corrected chi connectivity index (χ4v) is 2.59. The molecule has 0 saturated carbocycles. The summed E-state index contributed by atoms with van der Waals surface area (Å²) in [6.07, 6.45) is 0. The summed E-state index contributed by atoms with van der Waals surface area (Å²) >= 11 is 1.36. The van der Waals surface area contributed by atoms with Gasteiger partial charge in [-0.1, -0.05) is 6.58 Å². The summed E-state index contributed by atoms with van der Waals surface area (Å²) in [4.78, 5) is 1.61. The summed E-state index contributed by atoms with van der Waals surface area (Å²) in [6.45, 7) is 5.29. The first-order valence-electron chi connectivity index (χ1n) is 3.11. The van der Waals surface area contributed by atoms with E-state index in [0.29, 0.717) is 4.88 Å². The molecule has 0 spiro atoms. The van der Waals surface area contributed by atoms with Gasteiger partial charge >= 0.3 is 0 Å². The number of hydrogen-bond acceptors (Lipinski definition) is 3. The molecule has 0 fully saturated rings. The van der Waals surface area contributed by atoms with Crippen LogP contribution in [0.25, 0.3) is 4.91 Å². The number of halogens is 1. The average Bonchev–Trinajstić information content (AvgIpc) is 2.32. The Kier molecular flexibility index (Phi) is 2.61. The normalized spacial score (nSPS) is 11.5. The first-order chi connectivity index (χ1) is 5.41. The van der Waals surface area contributed by atoms with E-state index in [1.807, 2.05) is 13.0 Å². The second kappa shape index (κ2) is 3.20. The van der Waals surface area contributed by atoms with Gasteiger partial charge in [-0.25, -0.2) is 8.42 Å². The first kappa shape index (κ1) is 9.77.